The van der Waals surface area contributed by atoms with Crippen LogP contribution in [0, 0.1) is 0 Å². The van der Waals surface area contributed by atoms with E-state index >= 15 is 0 Å². The molecule has 0 radical (unpaired) electrons. The first-order valence-electron chi connectivity index (χ1n) is 4.55. The van der Waals surface area contributed by atoms with Crippen molar-refractivity contribution >= 4 is 11.6 Å². The highest BCUT2D eigenvalue weighted by Crippen LogP contribution is 2.34. The summed E-state index contributed by atoms with van der Waals surface area (Å²) in [6, 6.07) is 0. The molecule has 1 N–H and O–H groups in total. The summed E-state index contributed by atoms with van der Waals surface area (Å²) in [6.45, 7) is 0. The standard InChI is InChI=1S/C9H13ClN2O/c1-12-7(5-11-9(12)10)6-3-2-4-8(6)13/h5-6,8,13H,2-4H2,1H3/t6-,8+/m0/s1. The Morgan fingerprint density at radius 2 is 2.38 bits per heavy atom. The second kappa shape index (κ2) is 3.31. The number of aromatic nitrogens is 2. The maximum absolute atomic E-state index is 9.69. The van der Waals surface area contributed by atoms with Crippen LogP contribution in [-0.2, 0) is 7.05 Å². The van der Waals surface area contributed by atoms with Gasteiger partial charge in [0.05, 0.1) is 12.3 Å². The fraction of sp³-hybridized carbons (Fsp3) is 0.667. The molecule has 2 atom stereocenters. The Bertz CT molecular complexity index is 311. The summed E-state index contributed by atoms with van der Waals surface area (Å²) < 4.78 is 1.85. The van der Waals surface area contributed by atoms with Gasteiger partial charge in [0.25, 0.3) is 0 Å². The number of imidazole rings is 1. The predicted octanol–water partition coefficient (Wildman–Crippen LogP) is 1.70. The molecule has 1 aromatic rings. The molecule has 1 aliphatic rings. The van der Waals surface area contributed by atoms with E-state index in [1.165, 1.54) is 0 Å². The lowest BCUT2D eigenvalue weighted by Gasteiger charge is -2.14. The Balaban J connectivity index is 2.29. The van der Waals surface area contributed by atoms with Crippen LogP contribution in [0.1, 0.15) is 30.9 Å². The minimum atomic E-state index is -0.216. The Morgan fingerprint density at radius 3 is 2.85 bits per heavy atom. The molecule has 1 aliphatic carbocycles. The van der Waals surface area contributed by atoms with Crippen molar-refractivity contribution in [2.24, 2.45) is 7.05 Å². The molecule has 13 heavy (non-hydrogen) atoms. The number of hydrogen-bond acceptors (Lipinski definition) is 2. The normalized spacial score (nSPS) is 28.2. The zero-order chi connectivity index (χ0) is 9.42. The maximum atomic E-state index is 9.69. The van der Waals surface area contributed by atoms with Gasteiger partial charge in [-0.15, -0.1) is 0 Å². The van der Waals surface area contributed by atoms with E-state index in [0.29, 0.717) is 5.28 Å². The Labute approximate surface area is 82.4 Å². The number of rotatable bonds is 1. The van der Waals surface area contributed by atoms with Gasteiger partial charge >= 0.3 is 0 Å². The third-order valence-electron chi connectivity index (χ3n) is 2.83. The number of hydrogen-bond donors (Lipinski definition) is 1. The molecular weight excluding hydrogens is 188 g/mol. The maximum Gasteiger partial charge on any atom is 0.202 e. The van der Waals surface area contributed by atoms with E-state index in [4.69, 9.17) is 11.6 Å². The average molecular weight is 201 g/mol. The van der Waals surface area contributed by atoms with E-state index < -0.39 is 0 Å². The van der Waals surface area contributed by atoms with Crippen LogP contribution in [0.4, 0.5) is 0 Å². The molecule has 0 saturated heterocycles. The molecule has 0 bridgehead atoms. The predicted molar refractivity (Wildman–Crippen MR) is 50.8 cm³/mol. The van der Waals surface area contributed by atoms with Gasteiger partial charge in [-0.3, -0.25) is 0 Å². The van der Waals surface area contributed by atoms with Gasteiger partial charge in [-0.25, -0.2) is 4.98 Å². The van der Waals surface area contributed by atoms with Gasteiger partial charge in [-0.1, -0.05) is 6.42 Å². The first kappa shape index (κ1) is 9.03. The van der Waals surface area contributed by atoms with Crippen LogP contribution < -0.4 is 0 Å². The van der Waals surface area contributed by atoms with Gasteiger partial charge in [0.15, 0.2) is 0 Å². The molecular formula is C9H13ClN2O. The lowest BCUT2D eigenvalue weighted by molar-refractivity contribution is 0.161. The van der Waals surface area contributed by atoms with Crippen molar-refractivity contribution in [2.75, 3.05) is 0 Å². The lowest BCUT2D eigenvalue weighted by atomic mass is 10.0. The van der Waals surface area contributed by atoms with E-state index in [9.17, 15) is 5.11 Å². The molecule has 1 saturated carbocycles. The highest BCUT2D eigenvalue weighted by molar-refractivity contribution is 6.28. The van der Waals surface area contributed by atoms with Gasteiger partial charge in [0.1, 0.15) is 0 Å². The van der Waals surface area contributed by atoms with E-state index in [1.807, 2.05) is 11.6 Å². The third-order valence-corrected chi connectivity index (χ3v) is 3.18. The largest absolute Gasteiger partial charge is 0.392 e. The summed E-state index contributed by atoms with van der Waals surface area (Å²) in [7, 11) is 1.88. The van der Waals surface area contributed by atoms with Crippen LogP contribution in [-0.4, -0.2) is 20.8 Å². The molecule has 1 aromatic heterocycles. The Morgan fingerprint density at radius 1 is 1.62 bits per heavy atom. The summed E-state index contributed by atoms with van der Waals surface area (Å²) >= 11 is 5.83. The zero-order valence-corrected chi connectivity index (χ0v) is 8.33. The molecule has 0 unspecified atom stereocenters. The van der Waals surface area contributed by atoms with Crippen LogP contribution in [0.15, 0.2) is 6.20 Å². The third kappa shape index (κ3) is 1.46. The van der Waals surface area contributed by atoms with Gasteiger partial charge < -0.3 is 9.67 Å². The van der Waals surface area contributed by atoms with Crippen LogP contribution >= 0.6 is 11.6 Å². The summed E-state index contributed by atoms with van der Waals surface area (Å²) in [5, 5.41) is 10.2. The first-order chi connectivity index (χ1) is 6.20. The highest BCUT2D eigenvalue weighted by Gasteiger charge is 2.29. The second-order valence-corrected chi connectivity index (χ2v) is 3.95. The number of nitrogens with zero attached hydrogens (tertiary/aromatic N) is 2. The van der Waals surface area contributed by atoms with Gasteiger partial charge in [0.2, 0.25) is 5.28 Å². The van der Waals surface area contributed by atoms with Gasteiger partial charge in [-0.2, -0.15) is 0 Å². The van der Waals surface area contributed by atoms with Crippen molar-refractivity contribution in [3.05, 3.63) is 17.2 Å². The monoisotopic (exact) mass is 200 g/mol. The van der Waals surface area contributed by atoms with Gasteiger partial charge in [0, 0.05) is 18.7 Å². The van der Waals surface area contributed by atoms with Crippen molar-refractivity contribution < 1.29 is 5.11 Å². The molecule has 2 rings (SSSR count). The molecule has 1 fully saturated rings. The Hall–Kier alpha value is -0.540. The van der Waals surface area contributed by atoms with Gasteiger partial charge in [-0.05, 0) is 24.4 Å². The topological polar surface area (TPSA) is 38.0 Å². The van der Waals surface area contributed by atoms with Crippen LogP contribution in [0.2, 0.25) is 5.28 Å². The van der Waals surface area contributed by atoms with Crippen LogP contribution in [0.25, 0.3) is 0 Å². The molecule has 4 heteroatoms. The second-order valence-electron chi connectivity index (χ2n) is 3.62. The summed E-state index contributed by atoms with van der Waals surface area (Å²) in [4.78, 5) is 4.01. The van der Waals surface area contributed by atoms with Crippen molar-refractivity contribution in [1.82, 2.24) is 9.55 Å². The molecule has 72 valence electrons. The van der Waals surface area contributed by atoms with E-state index in [0.717, 1.165) is 25.0 Å². The van der Waals surface area contributed by atoms with Crippen molar-refractivity contribution in [1.29, 1.82) is 0 Å². The van der Waals surface area contributed by atoms with E-state index in [2.05, 4.69) is 4.98 Å². The molecule has 0 spiro atoms. The molecule has 3 nitrogen and oxygen atoms in total. The fourth-order valence-electron chi connectivity index (χ4n) is 2.03. The van der Waals surface area contributed by atoms with E-state index in [-0.39, 0.29) is 12.0 Å². The zero-order valence-electron chi connectivity index (χ0n) is 7.57. The van der Waals surface area contributed by atoms with Crippen LogP contribution in [0.5, 0.6) is 0 Å². The lowest BCUT2D eigenvalue weighted by Crippen LogP contribution is -2.14. The fourth-order valence-corrected chi connectivity index (χ4v) is 2.18. The number of aliphatic hydroxyl groups is 1. The van der Waals surface area contributed by atoms with Crippen molar-refractivity contribution in [3.8, 4) is 0 Å². The highest BCUT2D eigenvalue weighted by atomic mass is 35.5. The van der Waals surface area contributed by atoms with Crippen LogP contribution in [0.3, 0.4) is 0 Å². The van der Waals surface area contributed by atoms with Crippen molar-refractivity contribution in [2.45, 2.75) is 31.3 Å². The Kier molecular flexibility index (Phi) is 2.30. The molecule has 0 amide bonds. The molecule has 0 aliphatic heterocycles. The smallest absolute Gasteiger partial charge is 0.202 e. The minimum absolute atomic E-state index is 0.216. The minimum Gasteiger partial charge on any atom is -0.392 e. The number of aliphatic hydroxyl groups excluding tert-OH is 1. The number of halogens is 1. The summed E-state index contributed by atoms with van der Waals surface area (Å²) in [5.74, 6) is 0.227. The molecule has 1 heterocycles. The quantitative estimate of drug-likeness (QED) is 0.750. The SMILES string of the molecule is Cn1c([C@@H]2CCC[C@H]2O)cnc1Cl. The van der Waals surface area contributed by atoms with E-state index in [1.54, 1.807) is 6.20 Å². The first-order valence-corrected chi connectivity index (χ1v) is 4.93. The summed E-state index contributed by atoms with van der Waals surface area (Å²) in [6.07, 6.45) is 4.58. The molecule has 0 aromatic carbocycles. The van der Waals surface area contributed by atoms with Crippen molar-refractivity contribution in [3.63, 3.8) is 0 Å². The average Bonchev–Trinajstić information content (AvgIpc) is 2.62. The summed E-state index contributed by atoms with van der Waals surface area (Å²) in [5.41, 5.74) is 1.05.